The lowest BCUT2D eigenvalue weighted by atomic mass is 10.1. The molecule has 0 bridgehead atoms. The third-order valence-electron chi connectivity index (χ3n) is 3.86. The van der Waals surface area contributed by atoms with E-state index in [1.807, 2.05) is 6.92 Å². The fraction of sp³-hybridized carbons (Fsp3) is 0.846. The van der Waals surface area contributed by atoms with E-state index >= 15 is 0 Å². The third-order valence-corrected chi connectivity index (χ3v) is 3.86. The van der Waals surface area contributed by atoms with Crippen LogP contribution in [0.25, 0.3) is 0 Å². The molecule has 108 valence electrons. The van der Waals surface area contributed by atoms with Crippen LogP contribution in [-0.2, 0) is 9.53 Å². The highest BCUT2D eigenvalue weighted by Gasteiger charge is 2.41. The first-order valence-electron chi connectivity index (χ1n) is 7.03. The van der Waals surface area contributed by atoms with E-state index in [1.165, 1.54) is 4.90 Å². The minimum absolute atomic E-state index is 0.0393. The van der Waals surface area contributed by atoms with Gasteiger partial charge in [0.1, 0.15) is 6.04 Å². The van der Waals surface area contributed by atoms with Gasteiger partial charge in [-0.15, -0.1) is 0 Å². The largest absolute Gasteiger partial charge is 0.379 e. The summed E-state index contributed by atoms with van der Waals surface area (Å²) in [5.41, 5.74) is 0. The Kier molecular flexibility index (Phi) is 4.76. The van der Waals surface area contributed by atoms with Crippen LogP contribution in [0.2, 0.25) is 0 Å². The van der Waals surface area contributed by atoms with Crippen molar-refractivity contribution in [3.05, 3.63) is 0 Å². The maximum absolute atomic E-state index is 12.2. The summed E-state index contributed by atoms with van der Waals surface area (Å²) in [6.45, 7) is 6.49. The van der Waals surface area contributed by atoms with Crippen LogP contribution in [0.1, 0.15) is 19.8 Å². The first-order valence-corrected chi connectivity index (χ1v) is 7.03. The highest BCUT2D eigenvalue weighted by molar-refractivity contribution is 6.04. The molecule has 1 unspecified atom stereocenters. The van der Waals surface area contributed by atoms with E-state index in [2.05, 4.69) is 4.90 Å². The predicted octanol–water partition coefficient (Wildman–Crippen LogP) is 0.381. The van der Waals surface area contributed by atoms with Crippen molar-refractivity contribution in [3.8, 4) is 0 Å². The Morgan fingerprint density at radius 1 is 1.21 bits per heavy atom. The van der Waals surface area contributed by atoms with Crippen molar-refractivity contribution >= 4 is 11.9 Å². The second-order valence-electron chi connectivity index (χ2n) is 5.14. The van der Waals surface area contributed by atoms with Crippen LogP contribution in [-0.4, -0.2) is 79.1 Å². The van der Waals surface area contributed by atoms with Gasteiger partial charge in [-0.2, -0.15) is 0 Å². The molecular formula is C13H23N3O3. The van der Waals surface area contributed by atoms with Gasteiger partial charge in [-0.1, -0.05) is 13.3 Å². The molecule has 0 aromatic rings. The molecule has 2 heterocycles. The van der Waals surface area contributed by atoms with E-state index in [0.29, 0.717) is 6.54 Å². The fourth-order valence-corrected chi connectivity index (χ4v) is 2.63. The van der Waals surface area contributed by atoms with E-state index in [9.17, 15) is 9.59 Å². The van der Waals surface area contributed by atoms with Gasteiger partial charge in [0.05, 0.1) is 13.2 Å². The summed E-state index contributed by atoms with van der Waals surface area (Å²) in [6.07, 6.45) is 1.65. The normalized spacial score (nSPS) is 25.5. The lowest BCUT2D eigenvalue weighted by Gasteiger charge is -2.27. The van der Waals surface area contributed by atoms with Gasteiger partial charge in [0.2, 0.25) is 0 Å². The van der Waals surface area contributed by atoms with E-state index in [4.69, 9.17) is 4.74 Å². The monoisotopic (exact) mass is 269 g/mol. The van der Waals surface area contributed by atoms with Crippen molar-refractivity contribution in [1.29, 1.82) is 0 Å². The predicted molar refractivity (Wildman–Crippen MR) is 70.8 cm³/mol. The van der Waals surface area contributed by atoms with E-state index in [1.54, 1.807) is 11.9 Å². The molecule has 6 heteroatoms. The molecular weight excluding hydrogens is 246 g/mol. The summed E-state index contributed by atoms with van der Waals surface area (Å²) in [5.74, 6) is -0.0393. The number of rotatable bonds is 5. The Balaban J connectivity index is 1.88. The zero-order chi connectivity index (χ0) is 13.8. The lowest BCUT2D eigenvalue weighted by molar-refractivity contribution is -0.128. The molecule has 0 aliphatic carbocycles. The molecule has 2 aliphatic heterocycles. The van der Waals surface area contributed by atoms with E-state index in [0.717, 1.165) is 45.7 Å². The minimum atomic E-state index is -0.262. The molecule has 0 N–H and O–H groups in total. The van der Waals surface area contributed by atoms with Crippen molar-refractivity contribution in [2.75, 3.05) is 46.4 Å². The molecule has 0 aromatic carbocycles. The van der Waals surface area contributed by atoms with Gasteiger partial charge < -0.3 is 9.64 Å². The SMILES string of the molecule is CCCC1C(=O)N(CCN2CCOCC2)C(=O)N1C. The Morgan fingerprint density at radius 2 is 1.89 bits per heavy atom. The summed E-state index contributed by atoms with van der Waals surface area (Å²) in [7, 11) is 1.72. The molecule has 1 atom stereocenters. The number of carbonyl (C=O) groups excluding carboxylic acids is 2. The number of amides is 3. The minimum Gasteiger partial charge on any atom is -0.379 e. The number of morpholine rings is 1. The summed E-state index contributed by atoms with van der Waals surface area (Å²) >= 11 is 0. The average Bonchev–Trinajstić information content (AvgIpc) is 2.63. The number of hydrogen-bond acceptors (Lipinski definition) is 4. The van der Waals surface area contributed by atoms with E-state index in [-0.39, 0.29) is 18.0 Å². The van der Waals surface area contributed by atoms with Gasteiger partial charge in [-0.3, -0.25) is 14.6 Å². The zero-order valence-corrected chi connectivity index (χ0v) is 11.8. The fourth-order valence-electron chi connectivity index (χ4n) is 2.63. The van der Waals surface area contributed by atoms with Crippen LogP contribution in [0, 0.1) is 0 Å². The first-order chi connectivity index (χ1) is 9.15. The second kappa shape index (κ2) is 6.34. The second-order valence-corrected chi connectivity index (χ2v) is 5.14. The zero-order valence-electron chi connectivity index (χ0n) is 11.8. The maximum atomic E-state index is 12.2. The molecule has 19 heavy (non-hydrogen) atoms. The number of urea groups is 1. The number of hydrogen-bond donors (Lipinski definition) is 0. The number of imide groups is 1. The molecule has 0 radical (unpaired) electrons. The molecule has 2 aliphatic rings. The number of likely N-dealkylation sites (N-methyl/N-ethyl adjacent to an activating group) is 1. The van der Waals surface area contributed by atoms with Gasteiger partial charge in [-0.25, -0.2) is 4.79 Å². The van der Waals surface area contributed by atoms with Crippen molar-refractivity contribution in [2.45, 2.75) is 25.8 Å². The summed E-state index contributed by atoms with van der Waals surface area (Å²) in [4.78, 5) is 29.5. The molecule has 0 spiro atoms. The smallest absolute Gasteiger partial charge is 0.327 e. The van der Waals surface area contributed by atoms with Gasteiger partial charge in [0.25, 0.3) is 5.91 Å². The van der Waals surface area contributed by atoms with Crippen LogP contribution in [0.5, 0.6) is 0 Å². The summed E-state index contributed by atoms with van der Waals surface area (Å²) < 4.78 is 5.28. The van der Waals surface area contributed by atoms with Crippen LogP contribution in [0.15, 0.2) is 0 Å². The molecule has 0 saturated carbocycles. The standard InChI is InChI=1S/C13H23N3O3/c1-3-4-11-12(17)16(13(18)14(11)2)6-5-15-7-9-19-10-8-15/h11H,3-10H2,1-2H3. The van der Waals surface area contributed by atoms with Gasteiger partial charge in [-0.05, 0) is 6.42 Å². The molecule has 3 amide bonds. The quantitative estimate of drug-likeness (QED) is 0.677. The van der Waals surface area contributed by atoms with Crippen molar-refractivity contribution in [2.24, 2.45) is 0 Å². The number of carbonyl (C=O) groups is 2. The highest BCUT2D eigenvalue weighted by atomic mass is 16.5. The highest BCUT2D eigenvalue weighted by Crippen LogP contribution is 2.19. The van der Waals surface area contributed by atoms with Gasteiger partial charge in [0, 0.05) is 33.2 Å². The van der Waals surface area contributed by atoms with Crippen LogP contribution < -0.4 is 0 Å². The van der Waals surface area contributed by atoms with Crippen LogP contribution in [0.3, 0.4) is 0 Å². The Hall–Kier alpha value is -1.14. The molecule has 2 rings (SSSR count). The summed E-state index contributed by atoms with van der Waals surface area (Å²) in [5, 5.41) is 0. The maximum Gasteiger partial charge on any atom is 0.327 e. The molecule has 2 fully saturated rings. The van der Waals surface area contributed by atoms with Crippen LogP contribution in [0.4, 0.5) is 4.79 Å². The lowest BCUT2D eigenvalue weighted by Crippen LogP contribution is -2.43. The van der Waals surface area contributed by atoms with Crippen molar-refractivity contribution < 1.29 is 14.3 Å². The number of ether oxygens (including phenoxy) is 1. The van der Waals surface area contributed by atoms with Crippen LogP contribution >= 0.6 is 0 Å². The van der Waals surface area contributed by atoms with Gasteiger partial charge in [0.15, 0.2) is 0 Å². The van der Waals surface area contributed by atoms with Gasteiger partial charge >= 0.3 is 6.03 Å². The molecule has 2 saturated heterocycles. The first kappa shape index (κ1) is 14.3. The molecule has 6 nitrogen and oxygen atoms in total. The van der Waals surface area contributed by atoms with E-state index < -0.39 is 0 Å². The average molecular weight is 269 g/mol. The Morgan fingerprint density at radius 3 is 2.53 bits per heavy atom. The Bertz CT molecular complexity index is 342. The summed E-state index contributed by atoms with van der Waals surface area (Å²) in [6, 6.07) is -0.418. The molecule has 0 aromatic heterocycles. The van der Waals surface area contributed by atoms with Crippen molar-refractivity contribution in [1.82, 2.24) is 14.7 Å². The third kappa shape index (κ3) is 3.06. The number of nitrogens with zero attached hydrogens (tertiary/aromatic N) is 3. The Labute approximate surface area is 114 Å². The van der Waals surface area contributed by atoms with Crippen molar-refractivity contribution in [3.63, 3.8) is 0 Å². The topological polar surface area (TPSA) is 53.1 Å².